The Morgan fingerprint density at radius 1 is 0.345 bits per heavy atom. The Labute approximate surface area is 338 Å². The summed E-state index contributed by atoms with van der Waals surface area (Å²) in [5, 5.41) is 2.25. The standard InChI is InChI=1S/C56H39NO/c1-56(52-21-10-8-19-48(52)49-20-9-11-22-53(49)56)44-28-33-50-51-36-43(27-34-54(51)58-55(50)37-44)41-25-31-46(32-26-41)57(45-29-23-40(24-30-45)38-13-4-2-5-14-38)47-18-12-17-42(35-47)39-15-6-3-7-16-39/h2-37H,1H3. The van der Waals surface area contributed by atoms with Gasteiger partial charge in [0.2, 0.25) is 0 Å². The van der Waals surface area contributed by atoms with Gasteiger partial charge in [0.15, 0.2) is 0 Å². The van der Waals surface area contributed by atoms with E-state index in [0.717, 1.165) is 50.1 Å². The molecule has 0 saturated heterocycles. The van der Waals surface area contributed by atoms with Gasteiger partial charge in [-0.1, -0.05) is 164 Å². The Morgan fingerprint density at radius 2 is 0.845 bits per heavy atom. The van der Waals surface area contributed by atoms with E-state index in [-0.39, 0.29) is 5.41 Å². The quantitative estimate of drug-likeness (QED) is 0.162. The molecule has 1 aliphatic carbocycles. The molecule has 0 unspecified atom stereocenters. The van der Waals surface area contributed by atoms with E-state index in [1.807, 2.05) is 0 Å². The van der Waals surface area contributed by atoms with E-state index in [2.05, 4.69) is 230 Å². The second-order valence-corrected chi connectivity index (χ2v) is 15.5. The zero-order valence-electron chi connectivity index (χ0n) is 32.1. The molecule has 0 aliphatic heterocycles. The van der Waals surface area contributed by atoms with Crippen LogP contribution in [0.5, 0.6) is 0 Å². The van der Waals surface area contributed by atoms with Crippen molar-refractivity contribution in [2.45, 2.75) is 12.3 Å². The number of rotatable bonds is 7. The predicted octanol–water partition coefficient (Wildman–Crippen LogP) is 15.4. The minimum atomic E-state index is -0.270. The van der Waals surface area contributed by atoms with Gasteiger partial charge in [0.05, 0.1) is 0 Å². The fraction of sp³-hybridized carbons (Fsp3) is 0.0357. The van der Waals surface area contributed by atoms with Gasteiger partial charge in [-0.25, -0.2) is 0 Å². The third-order valence-corrected chi connectivity index (χ3v) is 12.2. The van der Waals surface area contributed by atoms with E-state index in [4.69, 9.17) is 4.42 Å². The maximum atomic E-state index is 6.58. The largest absolute Gasteiger partial charge is 0.456 e. The molecule has 0 N–H and O–H groups in total. The molecule has 0 amide bonds. The van der Waals surface area contributed by atoms with Crippen molar-refractivity contribution in [3.63, 3.8) is 0 Å². The highest BCUT2D eigenvalue weighted by Crippen LogP contribution is 2.52. The van der Waals surface area contributed by atoms with Crippen LogP contribution in [0.3, 0.4) is 0 Å². The molecule has 274 valence electrons. The lowest BCUT2D eigenvalue weighted by Crippen LogP contribution is -2.22. The van der Waals surface area contributed by atoms with E-state index in [1.54, 1.807) is 0 Å². The van der Waals surface area contributed by atoms with Crippen LogP contribution in [0.25, 0.3) is 66.4 Å². The summed E-state index contributed by atoms with van der Waals surface area (Å²) in [7, 11) is 0. The number of hydrogen-bond acceptors (Lipinski definition) is 2. The zero-order valence-corrected chi connectivity index (χ0v) is 32.1. The number of furan rings is 1. The number of hydrogen-bond donors (Lipinski definition) is 0. The Hall–Kier alpha value is -7.42. The molecule has 0 spiro atoms. The van der Waals surface area contributed by atoms with Crippen molar-refractivity contribution in [3.05, 3.63) is 235 Å². The fourth-order valence-corrected chi connectivity index (χ4v) is 9.17. The molecule has 1 heterocycles. The molecule has 0 radical (unpaired) electrons. The van der Waals surface area contributed by atoms with Crippen molar-refractivity contribution < 1.29 is 4.42 Å². The molecule has 0 atom stereocenters. The van der Waals surface area contributed by atoms with Crippen molar-refractivity contribution in [2.24, 2.45) is 0 Å². The average molecular weight is 742 g/mol. The maximum absolute atomic E-state index is 6.58. The molecule has 0 fully saturated rings. The third kappa shape index (κ3) is 5.56. The van der Waals surface area contributed by atoms with Gasteiger partial charge in [-0.3, -0.25) is 0 Å². The van der Waals surface area contributed by atoms with Crippen molar-refractivity contribution in [3.8, 4) is 44.5 Å². The Balaban J connectivity index is 0.953. The first-order chi connectivity index (χ1) is 28.6. The molecular formula is C56H39NO. The molecular weight excluding hydrogens is 703 g/mol. The van der Waals surface area contributed by atoms with Gasteiger partial charge >= 0.3 is 0 Å². The first kappa shape index (κ1) is 33.9. The molecule has 2 nitrogen and oxygen atoms in total. The second kappa shape index (κ2) is 13.7. The minimum Gasteiger partial charge on any atom is -0.456 e. The monoisotopic (exact) mass is 741 g/mol. The van der Waals surface area contributed by atoms with E-state index >= 15 is 0 Å². The molecule has 2 heteroatoms. The number of benzene rings is 9. The normalized spacial score (nSPS) is 12.7. The Bertz CT molecular complexity index is 3060. The summed E-state index contributed by atoms with van der Waals surface area (Å²) in [5.41, 5.74) is 18.4. The highest BCUT2D eigenvalue weighted by Gasteiger charge is 2.40. The number of fused-ring (bicyclic) bond motifs is 6. The zero-order chi connectivity index (χ0) is 38.6. The summed E-state index contributed by atoms with van der Waals surface area (Å²) in [6.45, 7) is 2.35. The van der Waals surface area contributed by atoms with Crippen LogP contribution in [0.1, 0.15) is 23.6 Å². The summed E-state index contributed by atoms with van der Waals surface area (Å²) >= 11 is 0. The number of anilines is 3. The fourth-order valence-electron chi connectivity index (χ4n) is 9.17. The maximum Gasteiger partial charge on any atom is 0.135 e. The highest BCUT2D eigenvalue weighted by atomic mass is 16.3. The average Bonchev–Trinajstić information content (AvgIpc) is 3.80. The van der Waals surface area contributed by atoms with Gasteiger partial charge in [-0.15, -0.1) is 0 Å². The van der Waals surface area contributed by atoms with Gasteiger partial charge < -0.3 is 9.32 Å². The molecule has 11 rings (SSSR count). The van der Waals surface area contributed by atoms with Crippen LogP contribution in [0.2, 0.25) is 0 Å². The van der Waals surface area contributed by atoms with Gasteiger partial charge in [0.1, 0.15) is 11.2 Å². The summed E-state index contributed by atoms with van der Waals surface area (Å²) in [4.78, 5) is 2.34. The van der Waals surface area contributed by atoms with Crippen LogP contribution < -0.4 is 4.90 Å². The van der Waals surface area contributed by atoms with E-state index in [9.17, 15) is 0 Å². The van der Waals surface area contributed by atoms with Crippen molar-refractivity contribution >= 4 is 39.0 Å². The lowest BCUT2D eigenvalue weighted by Gasteiger charge is -2.28. The summed E-state index contributed by atoms with van der Waals surface area (Å²) in [6, 6.07) is 78.8. The van der Waals surface area contributed by atoms with Crippen molar-refractivity contribution in [1.29, 1.82) is 0 Å². The SMILES string of the molecule is CC1(c2ccc3c(c2)oc2ccc(-c4ccc(N(c5ccc(-c6ccccc6)cc5)c5cccc(-c6ccccc6)c5)cc4)cc23)c2ccccc2-c2ccccc21. The number of nitrogens with zero attached hydrogens (tertiary/aromatic N) is 1. The van der Waals surface area contributed by atoms with Crippen LogP contribution >= 0.6 is 0 Å². The van der Waals surface area contributed by atoms with Crippen LogP contribution in [0.4, 0.5) is 17.1 Å². The topological polar surface area (TPSA) is 16.4 Å². The molecule has 10 aromatic rings. The molecule has 1 aliphatic rings. The Morgan fingerprint density at radius 3 is 1.48 bits per heavy atom. The predicted molar refractivity (Wildman–Crippen MR) is 242 cm³/mol. The Kier molecular flexibility index (Phi) is 7.97. The summed E-state index contributed by atoms with van der Waals surface area (Å²) in [5.74, 6) is 0. The van der Waals surface area contributed by atoms with E-state index < -0.39 is 0 Å². The van der Waals surface area contributed by atoms with E-state index in [0.29, 0.717) is 0 Å². The first-order valence-corrected chi connectivity index (χ1v) is 20.0. The van der Waals surface area contributed by atoms with Crippen molar-refractivity contribution in [2.75, 3.05) is 4.90 Å². The van der Waals surface area contributed by atoms with Gasteiger partial charge in [-0.05, 0) is 123 Å². The molecule has 0 saturated carbocycles. The molecule has 58 heavy (non-hydrogen) atoms. The van der Waals surface area contributed by atoms with Crippen molar-refractivity contribution in [1.82, 2.24) is 0 Å². The van der Waals surface area contributed by atoms with Crippen LogP contribution in [-0.4, -0.2) is 0 Å². The lowest BCUT2D eigenvalue weighted by molar-refractivity contribution is 0.662. The van der Waals surface area contributed by atoms with Crippen LogP contribution in [0.15, 0.2) is 223 Å². The van der Waals surface area contributed by atoms with Gasteiger partial charge in [0, 0.05) is 33.2 Å². The summed E-state index contributed by atoms with van der Waals surface area (Å²) in [6.07, 6.45) is 0. The smallest absolute Gasteiger partial charge is 0.135 e. The highest BCUT2D eigenvalue weighted by molar-refractivity contribution is 6.06. The first-order valence-electron chi connectivity index (χ1n) is 20.0. The van der Waals surface area contributed by atoms with Gasteiger partial charge in [0.25, 0.3) is 0 Å². The molecule has 9 aromatic carbocycles. The third-order valence-electron chi connectivity index (χ3n) is 12.2. The molecule has 0 bridgehead atoms. The van der Waals surface area contributed by atoms with E-state index in [1.165, 1.54) is 50.1 Å². The summed E-state index contributed by atoms with van der Waals surface area (Å²) < 4.78 is 6.58. The lowest BCUT2D eigenvalue weighted by atomic mass is 9.74. The molecule has 1 aromatic heterocycles. The minimum absolute atomic E-state index is 0.270. The van der Waals surface area contributed by atoms with Gasteiger partial charge in [-0.2, -0.15) is 0 Å². The van der Waals surface area contributed by atoms with Crippen LogP contribution in [0, 0.1) is 0 Å². The van der Waals surface area contributed by atoms with Crippen LogP contribution in [-0.2, 0) is 5.41 Å². The second-order valence-electron chi connectivity index (χ2n) is 15.5.